The molecule has 1 aromatic carbocycles. The monoisotopic (exact) mass is 416 g/mol. The average molecular weight is 417 g/mol. The summed E-state index contributed by atoms with van der Waals surface area (Å²) in [4.78, 5) is 0. The second-order valence-corrected chi connectivity index (χ2v) is 10.1. The van der Waals surface area contributed by atoms with E-state index in [-0.39, 0.29) is 5.54 Å². The van der Waals surface area contributed by atoms with Gasteiger partial charge in [-0.15, -0.1) is 0 Å². The molecule has 0 aliphatic rings. The van der Waals surface area contributed by atoms with Crippen LogP contribution in [-0.4, -0.2) is 11.6 Å². The van der Waals surface area contributed by atoms with Crippen LogP contribution < -0.4 is 11.1 Å². The smallest absolute Gasteiger partial charge is 0.0342 e. The molecular formula is C28H52N2. The Bertz CT molecular complexity index is 477. The van der Waals surface area contributed by atoms with E-state index in [0.29, 0.717) is 6.04 Å². The van der Waals surface area contributed by atoms with E-state index < -0.39 is 0 Å². The van der Waals surface area contributed by atoms with Crippen molar-refractivity contribution in [2.75, 3.05) is 5.32 Å². The SMILES string of the molecule is CCCCCCCCCCCCCCCCCC(CC(C)(C)N)Nc1ccccc1. The highest BCUT2D eigenvalue weighted by molar-refractivity contribution is 5.43. The van der Waals surface area contributed by atoms with Crippen molar-refractivity contribution in [2.45, 2.75) is 142 Å². The highest BCUT2D eigenvalue weighted by Crippen LogP contribution is 2.20. The third kappa shape index (κ3) is 16.7. The summed E-state index contributed by atoms with van der Waals surface area (Å²) in [5.74, 6) is 0. The molecule has 0 radical (unpaired) electrons. The lowest BCUT2D eigenvalue weighted by Crippen LogP contribution is -2.38. The number of rotatable bonds is 20. The molecule has 0 bridgehead atoms. The van der Waals surface area contributed by atoms with E-state index in [2.05, 4.69) is 56.4 Å². The minimum absolute atomic E-state index is 0.123. The van der Waals surface area contributed by atoms with Crippen LogP contribution in [0.1, 0.15) is 130 Å². The molecule has 174 valence electrons. The van der Waals surface area contributed by atoms with E-state index in [1.807, 2.05) is 0 Å². The van der Waals surface area contributed by atoms with Crippen LogP contribution in [0.3, 0.4) is 0 Å². The molecule has 0 spiro atoms. The maximum absolute atomic E-state index is 6.31. The molecule has 0 aromatic heterocycles. The fourth-order valence-electron chi connectivity index (χ4n) is 4.39. The van der Waals surface area contributed by atoms with Gasteiger partial charge in [0.05, 0.1) is 0 Å². The maximum atomic E-state index is 6.31. The van der Waals surface area contributed by atoms with Crippen LogP contribution in [0.25, 0.3) is 0 Å². The predicted octanol–water partition coefficient (Wildman–Crippen LogP) is 8.86. The molecule has 0 heterocycles. The quantitative estimate of drug-likeness (QED) is 0.208. The van der Waals surface area contributed by atoms with Gasteiger partial charge in [0, 0.05) is 17.3 Å². The Morgan fingerprint density at radius 3 is 1.57 bits per heavy atom. The van der Waals surface area contributed by atoms with Gasteiger partial charge in [-0.2, -0.15) is 0 Å². The van der Waals surface area contributed by atoms with E-state index in [4.69, 9.17) is 5.73 Å². The molecule has 1 atom stereocenters. The molecule has 0 saturated carbocycles. The first-order chi connectivity index (χ1) is 14.5. The van der Waals surface area contributed by atoms with E-state index in [1.165, 1.54) is 108 Å². The molecule has 2 nitrogen and oxygen atoms in total. The van der Waals surface area contributed by atoms with Crippen molar-refractivity contribution in [2.24, 2.45) is 5.73 Å². The van der Waals surface area contributed by atoms with E-state index in [1.54, 1.807) is 0 Å². The summed E-state index contributed by atoms with van der Waals surface area (Å²) in [5, 5.41) is 3.71. The Morgan fingerprint density at radius 2 is 1.13 bits per heavy atom. The van der Waals surface area contributed by atoms with E-state index >= 15 is 0 Å². The van der Waals surface area contributed by atoms with Gasteiger partial charge >= 0.3 is 0 Å². The van der Waals surface area contributed by atoms with Gasteiger partial charge in [0.15, 0.2) is 0 Å². The van der Waals surface area contributed by atoms with Crippen LogP contribution in [0.4, 0.5) is 5.69 Å². The van der Waals surface area contributed by atoms with Crippen LogP contribution in [0, 0.1) is 0 Å². The van der Waals surface area contributed by atoms with Crippen molar-refractivity contribution < 1.29 is 0 Å². The minimum Gasteiger partial charge on any atom is -0.382 e. The number of anilines is 1. The first kappa shape index (κ1) is 27.0. The molecule has 2 heteroatoms. The first-order valence-electron chi connectivity index (χ1n) is 13.1. The minimum atomic E-state index is -0.123. The average Bonchev–Trinajstić information content (AvgIpc) is 2.70. The topological polar surface area (TPSA) is 38.0 Å². The van der Waals surface area contributed by atoms with Gasteiger partial charge in [-0.05, 0) is 38.8 Å². The van der Waals surface area contributed by atoms with Gasteiger partial charge in [-0.3, -0.25) is 0 Å². The Hall–Kier alpha value is -1.02. The Morgan fingerprint density at radius 1 is 0.700 bits per heavy atom. The van der Waals surface area contributed by atoms with Crippen molar-refractivity contribution in [1.29, 1.82) is 0 Å². The number of nitrogens with two attached hydrogens (primary N) is 1. The lowest BCUT2D eigenvalue weighted by atomic mass is 9.92. The van der Waals surface area contributed by atoms with Gasteiger partial charge in [0.2, 0.25) is 0 Å². The lowest BCUT2D eigenvalue weighted by Gasteiger charge is -2.27. The highest BCUT2D eigenvalue weighted by Gasteiger charge is 2.18. The predicted molar refractivity (Wildman–Crippen MR) is 136 cm³/mol. The third-order valence-corrected chi connectivity index (χ3v) is 6.07. The summed E-state index contributed by atoms with van der Waals surface area (Å²) in [5.41, 5.74) is 7.40. The lowest BCUT2D eigenvalue weighted by molar-refractivity contribution is 0.413. The van der Waals surface area contributed by atoms with Crippen molar-refractivity contribution in [3.05, 3.63) is 30.3 Å². The van der Waals surface area contributed by atoms with Crippen LogP contribution in [-0.2, 0) is 0 Å². The van der Waals surface area contributed by atoms with Gasteiger partial charge in [0.1, 0.15) is 0 Å². The molecule has 0 aliphatic carbocycles. The Kier molecular flexibility index (Phi) is 15.9. The van der Waals surface area contributed by atoms with Gasteiger partial charge in [0.25, 0.3) is 0 Å². The first-order valence-corrected chi connectivity index (χ1v) is 13.1. The molecule has 1 rings (SSSR count). The normalized spacial score (nSPS) is 12.8. The zero-order valence-electron chi connectivity index (χ0n) is 20.6. The summed E-state index contributed by atoms with van der Waals surface area (Å²) in [7, 11) is 0. The van der Waals surface area contributed by atoms with Crippen LogP contribution >= 0.6 is 0 Å². The summed E-state index contributed by atoms with van der Waals surface area (Å²) < 4.78 is 0. The molecule has 1 unspecified atom stereocenters. The molecule has 0 saturated heterocycles. The fraction of sp³-hybridized carbons (Fsp3) is 0.786. The van der Waals surface area contributed by atoms with Gasteiger partial charge in [-0.25, -0.2) is 0 Å². The summed E-state index contributed by atoms with van der Waals surface area (Å²) in [6.45, 7) is 6.57. The maximum Gasteiger partial charge on any atom is 0.0342 e. The number of hydrogen-bond donors (Lipinski definition) is 2. The number of para-hydroxylation sites is 1. The van der Waals surface area contributed by atoms with E-state index in [9.17, 15) is 0 Å². The summed E-state index contributed by atoms with van der Waals surface area (Å²) >= 11 is 0. The largest absolute Gasteiger partial charge is 0.382 e. The number of unbranched alkanes of at least 4 members (excludes halogenated alkanes) is 14. The zero-order valence-corrected chi connectivity index (χ0v) is 20.6. The Labute approximate surface area is 188 Å². The zero-order chi connectivity index (χ0) is 21.9. The molecular weight excluding hydrogens is 364 g/mol. The molecule has 3 N–H and O–H groups in total. The van der Waals surface area contributed by atoms with Crippen molar-refractivity contribution in [3.8, 4) is 0 Å². The molecule has 0 fully saturated rings. The summed E-state index contributed by atoms with van der Waals surface area (Å²) in [6.07, 6.45) is 23.5. The fourth-order valence-corrected chi connectivity index (χ4v) is 4.39. The molecule has 0 aliphatic heterocycles. The highest BCUT2D eigenvalue weighted by atomic mass is 14.9. The van der Waals surface area contributed by atoms with Gasteiger partial charge in [-0.1, -0.05) is 121 Å². The van der Waals surface area contributed by atoms with Crippen molar-refractivity contribution >= 4 is 5.69 Å². The Balaban J connectivity index is 2.00. The second-order valence-electron chi connectivity index (χ2n) is 10.1. The number of nitrogens with one attached hydrogen (secondary N) is 1. The van der Waals surface area contributed by atoms with Crippen LogP contribution in [0.2, 0.25) is 0 Å². The molecule has 30 heavy (non-hydrogen) atoms. The van der Waals surface area contributed by atoms with E-state index in [0.717, 1.165) is 6.42 Å². The standard InChI is InChI=1S/C28H52N2/c1-4-5-6-7-8-9-10-11-12-13-14-15-16-17-19-24-27(25-28(2,3)29)30-26-22-20-18-21-23-26/h18,20-23,27,30H,4-17,19,24-25,29H2,1-3H3. The van der Waals surface area contributed by atoms with Crippen LogP contribution in [0.5, 0.6) is 0 Å². The molecule has 0 amide bonds. The second kappa shape index (κ2) is 17.6. The van der Waals surface area contributed by atoms with Gasteiger partial charge < -0.3 is 11.1 Å². The molecule has 1 aromatic rings. The van der Waals surface area contributed by atoms with Crippen LogP contribution in [0.15, 0.2) is 30.3 Å². The van der Waals surface area contributed by atoms with Crippen molar-refractivity contribution in [1.82, 2.24) is 0 Å². The third-order valence-electron chi connectivity index (χ3n) is 6.07. The summed E-state index contributed by atoms with van der Waals surface area (Å²) in [6, 6.07) is 11.0. The number of benzene rings is 1. The number of hydrogen-bond acceptors (Lipinski definition) is 2. The van der Waals surface area contributed by atoms with Crippen molar-refractivity contribution in [3.63, 3.8) is 0 Å².